The van der Waals surface area contributed by atoms with Crippen molar-refractivity contribution in [2.24, 2.45) is 11.8 Å². The van der Waals surface area contributed by atoms with Crippen molar-refractivity contribution in [3.05, 3.63) is 23.8 Å². The summed E-state index contributed by atoms with van der Waals surface area (Å²) in [5.74, 6) is 1.63. The Kier molecular flexibility index (Phi) is 6.62. The van der Waals surface area contributed by atoms with Crippen LogP contribution in [0.3, 0.4) is 0 Å². The van der Waals surface area contributed by atoms with Gasteiger partial charge in [-0.15, -0.1) is 0 Å². The fourth-order valence-corrected chi connectivity index (χ4v) is 2.71. The van der Waals surface area contributed by atoms with Crippen LogP contribution in [0.1, 0.15) is 72.1 Å². The second-order valence-corrected chi connectivity index (χ2v) is 6.01. The number of rotatable bonds is 6. The molecule has 17 heavy (non-hydrogen) atoms. The molecule has 0 amide bonds. The first-order valence-electron chi connectivity index (χ1n) is 7.49. The predicted molar refractivity (Wildman–Crippen MR) is 78.2 cm³/mol. The van der Waals surface area contributed by atoms with Gasteiger partial charge in [-0.25, -0.2) is 0 Å². The summed E-state index contributed by atoms with van der Waals surface area (Å²) in [5.41, 5.74) is 3.19. The highest BCUT2D eigenvalue weighted by molar-refractivity contribution is 5.17. The molecular weight excluding hydrogens is 204 g/mol. The van der Waals surface area contributed by atoms with Gasteiger partial charge in [0.2, 0.25) is 0 Å². The lowest BCUT2D eigenvalue weighted by molar-refractivity contribution is 0.512. The molecule has 0 aliphatic heterocycles. The molecule has 98 valence electrons. The van der Waals surface area contributed by atoms with E-state index in [0.717, 1.165) is 11.8 Å². The normalized spacial score (nSPS) is 23.6. The van der Waals surface area contributed by atoms with Crippen LogP contribution < -0.4 is 0 Å². The van der Waals surface area contributed by atoms with Crippen LogP contribution in [0.5, 0.6) is 0 Å². The van der Waals surface area contributed by atoms with Crippen LogP contribution in [0, 0.1) is 11.8 Å². The summed E-state index contributed by atoms with van der Waals surface area (Å²) < 4.78 is 0. The van der Waals surface area contributed by atoms with Gasteiger partial charge in [-0.2, -0.15) is 0 Å². The van der Waals surface area contributed by atoms with Crippen molar-refractivity contribution < 1.29 is 0 Å². The highest BCUT2D eigenvalue weighted by Crippen LogP contribution is 2.34. The van der Waals surface area contributed by atoms with Gasteiger partial charge in [0.25, 0.3) is 0 Å². The molecule has 1 atom stereocenters. The maximum Gasteiger partial charge on any atom is -0.0171 e. The molecule has 0 nitrogen and oxygen atoms in total. The molecule has 1 fully saturated rings. The average Bonchev–Trinajstić information content (AvgIpc) is 2.30. The Morgan fingerprint density at radius 2 is 2.06 bits per heavy atom. The molecule has 0 aromatic heterocycles. The van der Waals surface area contributed by atoms with Gasteiger partial charge in [-0.05, 0) is 50.4 Å². The number of allylic oxidation sites excluding steroid dienone is 3. The summed E-state index contributed by atoms with van der Waals surface area (Å²) in [6.45, 7) is 11.1. The Labute approximate surface area is 108 Å². The molecule has 0 heterocycles. The molecule has 0 radical (unpaired) electrons. The van der Waals surface area contributed by atoms with Crippen molar-refractivity contribution in [1.29, 1.82) is 0 Å². The van der Waals surface area contributed by atoms with Crippen molar-refractivity contribution >= 4 is 0 Å². The summed E-state index contributed by atoms with van der Waals surface area (Å²) >= 11 is 0. The van der Waals surface area contributed by atoms with Crippen LogP contribution in [0.2, 0.25) is 0 Å². The van der Waals surface area contributed by atoms with E-state index < -0.39 is 0 Å². The first-order valence-corrected chi connectivity index (χ1v) is 7.49. The van der Waals surface area contributed by atoms with Crippen LogP contribution in [0.4, 0.5) is 0 Å². The molecule has 1 rings (SSSR count). The first-order chi connectivity index (χ1) is 8.13. The summed E-state index contributed by atoms with van der Waals surface area (Å²) in [5, 5.41) is 0. The number of hydrogen-bond donors (Lipinski definition) is 0. The topological polar surface area (TPSA) is 0 Å². The molecule has 1 saturated carbocycles. The maximum absolute atomic E-state index is 4.20. The SMILES string of the molecule is C=C1CC/C(=C/CCCCC(C)C)CC1CC. The van der Waals surface area contributed by atoms with E-state index in [2.05, 4.69) is 33.4 Å². The largest absolute Gasteiger partial charge is 0.0996 e. The molecular formula is C17H30. The fourth-order valence-electron chi connectivity index (χ4n) is 2.71. The van der Waals surface area contributed by atoms with Crippen LogP contribution in [-0.2, 0) is 0 Å². The quantitative estimate of drug-likeness (QED) is 0.397. The lowest BCUT2D eigenvalue weighted by Crippen LogP contribution is -2.10. The molecule has 0 spiro atoms. The van der Waals surface area contributed by atoms with E-state index in [4.69, 9.17) is 0 Å². The molecule has 1 unspecified atom stereocenters. The van der Waals surface area contributed by atoms with Crippen LogP contribution in [0.25, 0.3) is 0 Å². The zero-order valence-electron chi connectivity index (χ0n) is 12.1. The molecule has 0 aromatic rings. The van der Waals surface area contributed by atoms with Crippen LogP contribution in [-0.4, -0.2) is 0 Å². The highest BCUT2D eigenvalue weighted by atomic mass is 14.2. The third kappa shape index (κ3) is 5.57. The van der Waals surface area contributed by atoms with E-state index in [1.54, 1.807) is 5.57 Å². The minimum atomic E-state index is 0.769. The van der Waals surface area contributed by atoms with E-state index in [0.29, 0.717) is 0 Å². The van der Waals surface area contributed by atoms with E-state index in [-0.39, 0.29) is 0 Å². The molecule has 1 aliphatic carbocycles. The second-order valence-electron chi connectivity index (χ2n) is 6.01. The van der Waals surface area contributed by atoms with Crippen molar-refractivity contribution in [2.75, 3.05) is 0 Å². The van der Waals surface area contributed by atoms with E-state index in [1.165, 1.54) is 56.9 Å². The Hall–Kier alpha value is -0.520. The van der Waals surface area contributed by atoms with Crippen molar-refractivity contribution in [1.82, 2.24) is 0 Å². The zero-order valence-corrected chi connectivity index (χ0v) is 12.1. The summed E-state index contributed by atoms with van der Waals surface area (Å²) in [6, 6.07) is 0. The highest BCUT2D eigenvalue weighted by Gasteiger charge is 2.18. The Balaban J connectivity index is 2.23. The lowest BCUT2D eigenvalue weighted by Gasteiger charge is -2.25. The van der Waals surface area contributed by atoms with Gasteiger partial charge in [0, 0.05) is 0 Å². The molecule has 0 bridgehead atoms. The Bertz CT molecular complexity index is 257. The molecule has 1 aliphatic rings. The van der Waals surface area contributed by atoms with Crippen molar-refractivity contribution in [3.63, 3.8) is 0 Å². The maximum atomic E-state index is 4.20. The third-order valence-electron chi connectivity index (χ3n) is 4.01. The molecule has 0 heteroatoms. The molecule has 0 N–H and O–H groups in total. The molecule has 0 aromatic carbocycles. The van der Waals surface area contributed by atoms with E-state index in [1.807, 2.05) is 0 Å². The smallest absolute Gasteiger partial charge is 0.0171 e. The third-order valence-corrected chi connectivity index (χ3v) is 4.01. The van der Waals surface area contributed by atoms with Gasteiger partial charge in [0.15, 0.2) is 0 Å². The van der Waals surface area contributed by atoms with E-state index >= 15 is 0 Å². The minimum Gasteiger partial charge on any atom is -0.0996 e. The zero-order chi connectivity index (χ0) is 12.7. The van der Waals surface area contributed by atoms with Crippen molar-refractivity contribution in [2.45, 2.75) is 72.1 Å². The van der Waals surface area contributed by atoms with Gasteiger partial charge < -0.3 is 0 Å². The Morgan fingerprint density at radius 3 is 2.71 bits per heavy atom. The van der Waals surface area contributed by atoms with Gasteiger partial charge in [0.05, 0.1) is 0 Å². The lowest BCUT2D eigenvalue weighted by atomic mass is 9.80. The Morgan fingerprint density at radius 1 is 1.29 bits per heavy atom. The van der Waals surface area contributed by atoms with Crippen LogP contribution in [0.15, 0.2) is 23.8 Å². The van der Waals surface area contributed by atoms with Gasteiger partial charge in [0.1, 0.15) is 0 Å². The molecule has 0 saturated heterocycles. The second kappa shape index (κ2) is 7.74. The van der Waals surface area contributed by atoms with Crippen LogP contribution >= 0.6 is 0 Å². The average molecular weight is 234 g/mol. The van der Waals surface area contributed by atoms with Gasteiger partial charge in [-0.3, -0.25) is 0 Å². The summed E-state index contributed by atoms with van der Waals surface area (Å²) in [6.07, 6.45) is 13.0. The monoisotopic (exact) mass is 234 g/mol. The fraction of sp³-hybridized carbons (Fsp3) is 0.765. The summed E-state index contributed by atoms with van der Waals surface area (Å²) in [7, 11) is 0. The minimum absolute atomic E-state index is 0.769. The van der Waals surface area contributed by atoms with Gasteiger partial charge in [-0.1, -0.05) is 57.4 Å². The standard InChI is InChI=1S/C17H30/c1-5-17-13-16(12-11-15(17)4)10-8-6-7-9-14(2)3/h10,14,17H,4-9,11-13H2,1-3H3/b16-10-. The predicted octanol–water partition coefficient (Wildman–Crippen LogP) is 5.90. The summed E-state index contributed by atoms with van der Waals surface area (Å²) in [4.78, 5) is 0. The van der Waals surface area contributed by atoms with Gasteiger partial charge >= 0.3 is 0 Å². The first kappa shape index (κ1) is 14.5. The number of unbranched alkanes of at least 4 members (excludes halogenated alkanes) is 2. The van der Waals surface area contributed by atoms with Crippen molar-refractivity contribution in [3.8, 4) is 0 Å². The number of hydrogen-bond acceptors (Lipinski definition) is 0. The van der Waals surface area contributed by atoms with E-state index in [9.17, 15) is 0 Å².